The molecule has 0 fully saturated rings. The zero-order valence-corrected chi connectivity index (χ0v) is 19.0. The van der Waals surface area contributed by atoms with Crippen LogP contribution in [0.15, 0.2) is 77.0 Å². The third-order valence-electron chi connectivity index (χ3n) is 4.40. The molecule has 3 aromatic carbocycles. The third kappa shape index (κ3) is 6.03. The third-order valence-corrected chi connectivity index (χ3v) is 5.86. The minimum atomic E-state index is -0.216. The Morgan fingerprint density at radius 3 is 2.72 bits per heavy atom. The van der Waals surface area contributed by atoms with E-state index in [2.05, 4.69) is 20.5 Å². The van der Waals surface area contributed by atoms with Gasteiger partial charge in [-0.3, -0.25) is 4.79 Å². The first-order valence-corrected chi connectivity index (χ1v) is 11.4. The lowest BCUT2D eigenvalue weighted by Gasteiger charge is -2.08. The Kier molecular flexibility index (Phi) is 7.32. The molecule has 4 aromatic rings. The number of aromatic amines is 1. The molecule has 2 N–H and O–H groups in total. The fourth-order valence-corrected chi connectivity index (χ4v) is 3.93. The number of imidazole rings is 1. The summed E-state index contributed by atoms with van der Waals surface area (Å²) in [5.41, 5.74) is 6.01. The van der Waals surface area contributed by atoms with E-state index in [1.54, 1.807) is 18.3 Å². The molecule has 0 saturated carbocycles. The van der Waals surface area contributed by atoms with Gasteiger partial charge in [-0.1, -0.05) is 53.2 Å². The van der Waals surface area contributed by atoms with E-state index in [9.17, 15) is 4.79 Å². The SMILES string of the molecule is O=C(CSc1nc2ccccc2[nH]1)N/N=C\c1ccc(OCc2ccc(Cl)cc2Cl)cc1. The number of nitrogens with one attached hydrogen (secondary N) is 2. The van der Waals surface area contributed by atoms with Crippen molar-refractivity contribution in [3.05, 3.63) is 87.9 Å². The molecule has 162 valence electrons. The lowest BCUT2D eigenvalue weighted by molar-refractivity contribution is -0.118. The number of nitrogens with zero attached hydrogens (tertiary/aromatic N) is 2. The Hall–Kier alpha value is -3.00. The second-order valence-corrected chi connectivity index (χ2v) is 8.54. The van der Waals surface area contributed by atoms with Crippen LogP contribution in [-0.2, 0) is 11.4 Å². The first-order chi connectivity index (χ1) is 15.6. The first-order valence-electron chi connectivity index (χ1n) is 9.63. The molecule has 0 spiro atoms. The van der Waals surface area contributed by atoms with Gasteiger partial charge < -0.3 is 9.72 Å². The van der Waals surface area contributed by atoms with Gasteiger partial charge in [0.05, 0.1) is 23.0 Å². The average molecular weight is 485 g/mol. The molecular weight excluding hydrogens is 467 g/mol. The van der Waals surface area contributed by atoms with E-state index < -0.39 is 0 Å². The monoisotopic (exact) mass is 484 g/mol. The lowest BCUT2D eigenvalue weighted by Crippen LogP contribution is -2.19. The molecule has 6 nitrogen and oxygen atoms in total. The molecule has 0 saturated heterocycles. The van der Waals surface area contributed by atoms with Crippen LogP contribution in [0.4, 0.5) is 0 Å². The van der Waals surface area contributed by atoms with E-state index >= 15 is 0 Å². The molecule has 0 aliphatic carbocycles. The predicted octanol–water partition coefficient (Wildman–Crippen LogP) is 5.69. The van der Waals surface area contributed by atoms with E-state index in [1.807, 2.05) is 54.6 Å². The second-order valence-electron chi connectivity index (χ2n) is 6.73. The van der Waals surface area contributed by atoms with Crippen molar-refractivity contribution >= 4 is 58.1 Å². The van der Waals surface area contributed by atoms with Crippen LogP contribution in [0.25, 0.3) is 11.0 Å². The second kappa shape index (κ2) is 10.5. The maximum absolute atomic E-state index is 12.0. The highest BCUT2D eigenvalue weighted by Gasteiger charge is 2.06. The molecule has 4 rings (SSSR count). The van der Waals surface area contributed by atoms with Crippen LogP contribution in [0.3, 0.4) is 0 Å². The van der Waals surface area contributed by atoms with Gasteiger partial charge in [0.2, 0.25) is 0 Å². The summed E-state index contributed by atoms with van der Waals surface area (Å²) in [4.78, 5) is 19.6. The number of para-hydroxylation sites is 2. The molecule has 32 heavy (non-hydrogen) atoms. The van der Waals surface area contributed by atoms with Crippen LogP contribution in [0, 0.1) is 0 Å². The van der Waals surface area contributed by atoms with Gasteiger partial charge in [-0.25, -0.2) is 10.4 Å². The highest BCUT2D eigenvalue weighted by molar-refractivity contribution is 7.99. The minimum absolute atomic E-state index is 0.206. The van der Waals surface area contributed by atoms with Crippen LogP contribution < -0.4 is 10.2 Å². The Labute approximate surface area is 199 Å². The van der Waals surface area contributed by atoms with Crippen molar-refractivity contribution in [3.63, 3.8) is 0 Å². The smallest absolute Gasteiger partial charge is 0.250 e. The molecule has 0 bridgehead atoms. The molecule has 9 heteroatoms. The zero-order valence-electron chi connectivity index (χ0n) is 16.7. The van der Waals surface area contributed by atoms with Gasteiger partial charge >= 0.3 is 0 Å². The number of ether oxygens (including phenoxy) is 1. The number of H-pyrrole nitrogens is 1. The van der Waals surface area contributed by atoms with Crippen LogP contribution in [0.2, 0.25) is 10.0 Å². The molecule has 0 aliphatic rings. The maximum atomic E-state index is 12.0. The summed E-state index contributed by atoms with van der Waals surface area (Å²) in [6.07, 6.45) is 1.57. The Morgan fingerprint density at radius 1 is 1.12 bits per heavy atom. The van der Waals surface area contributed by atoms with Crippen molar-refractivity contribution in [1.29, 1.82) is 0 Å². The number of hydrogen-bond acceptors (Lipinski definition) is 5. The lowest BCUT2D eigenvalue weighted by atomic mass is 10.2. The summed E-state index contributed by atoms with van der Waals surface area (Å²) in [6, 6.07) is 20.4. The van der Waals surface area contributed by atoms with Gasteiger partial charge in [0.15, 0.2) is 5.16 Å². The number of benzene rings is 3. The predicted molar refractivity (Wildman–Crippen MR) is 130 cm³/mol. The van der Waals surface area contributed by atoms with Crippen molar-refractivity contribution in [3.8, 4) is 5.75 Å². The average Bonchev–Trinajstić information content (AvgIpc) is 3.21. The molecule has 0 radical (unpaired) electrons. The molecule has 0 atom stereocenters. The fraction of sp³-hybridized carbons (Fsp3) is 0.0870. The Morgan fingerprint density at radius 2 is 1.94 bits per heavy atom. The molecule has 0 aliphatic heterocycles. The van der Waals surface area contributed by atoms with Crippen LogP contribution in [0.1, 0.15) is 11.1 Å². The number of carbonyl (C=O) groups is 1. The number of amides is 1. The van der Waals surface area contributed by atoms with E-state index in [4.69, 9.17) is 27.9 Å². The summed E-state index contributed by atoms with van der Waals surface area (Å²) >= 11 is 13.4. The number of aromatic nitrogens is 2. The molecule has 0 unspecified atom stereocenters. The number of thioether (sulfide) groups is 1. The van der Waals surface area contributed by atoms with Crippen LogP contribution >= 0.6 is 35.0 Å². The topological polar surface area (TPSA) is 79.4 Å². The molecule has 1 heterocycles. The van der Waals surface area contributed by atoms with Gasteiger partial charge in [-0.2, -0.15) is 5.10 Å². The van der Waals surface area contributed by atoms with E-state index in [0.717, 1.165) is 22.2 Å². The standard InChI is InChI=1S/C23H18Cl2N4O2S/c24-17-8-7-16(19(25)11-17)13-31-18-9-5-15(6-10-18)12-26-29-22(30)14-32-23-27-20-3-1-2-4-21(20)28-23/h1-12H,13-14H2,(H,27,28)(H,29,30)/b26-12-. The van der Waals surface area contributed by atoms with Crippen LogP contribution in [-0.4, -0.2) is 27.8 Å². The van der Waals surface area contributed by atoms with Gasteiger partial charge in [-0.05, 0) is 54.1 Å². The highest BCUT2D eigenvalue weighted by Crippen LogP contribution is 2.23. The Balaban J connectivity index is 1.23. The van der Waals surface area contributed by atoms with E-state index in [0.29, 0.717) is 27.6 Å². The first kappa shape index (κ1) is 22.2. The van der Waals surface area contributed by atoms with Crippen molar-refractivity contribution in [1.82, 2.24) is 15.4 Å². The van der Waals surface area contributed by atoms with Gasteiger partial charge in [0.1, 0.15) is 12.4 Å². The molecular formula is C23H18Cl2N4O2S. The minimum Gasteiger partial charge on any atom is -0.489 e. The van der Waals surface area contributed by atoms with E-state index in [1.165, 1.54) is 11.8 Å². The number of fused-ring (bicyclic) bond motifs is 1. The largest absolute Gasteiger partial charge is 0.489 e. The fourth-order valence-electron chi connectivity index (χ4n) is 2.79. The number of hydrogen-bond donors (Lipinski definition) is 2. The van der Waals surface area contributed by atoms with E-state index in [-0.39, 0.29) is 11.7 Å². The number of hydrazone groups is 1. The highest BCUT2D eigenvalue weighted by atomic mass is 35.5. The van der Waals surface area contributed by atoms with Gasteiger partial charge in [-0.15, -0.1) is 0 Å². The maximum Gasteiger partial charge on any atom is 0.250 e. The molecule has 1 amide bonds. The normalized spacial score (nSPS) is 11.2. The van der Waals surface area contributed by atoms with Crippen molar-refractivity contribution in [2.24, 2.45) is 5.10 Å². The van der Waals surface area contributed by atoms with Crippen LogP contribution in [0.5, 0.6) is 5.75 Å². The van der Waals surface area contributed by atoms with Gasteiger partial charge in [0, 0.05) is 15.6 Å². The van der Waals surface area contributed by atoms with Crippen molar-refractivity contribution in [2.75, 3.05) is 5.75 Å². The molecule has 1 aromatic heterocycles. The summed E-state index contributed by atoms with van der Waals surface area (Å²) in [5.74, 6) is 0.683. The number of carbonyl (C=O) groups excluding carboxylic acids is 1. The zero-order chi connectivity index (χ0) is 22.3. The van der Waals surface area contributed by atoms with Crippen molar-refractivity contribution in [2.45, 2.75) is 11.8 Å². The Bertz CT molecular complexity index is 1230. The number of rotatable bonds is 8. The summed E-state index contributed by atoms with van der Waals surface area (Å²) in [5, 5.41) is 5.85. The summed E-state index contributed by atoms with van der Waals surface area (Å²) in [7, 11) is 0. The summed E-state index contributed by atoms with van der Waals surface area (Å²) in [6.45, 7) is 0.336. The number of halogens is 2. The van der Waals surface area contributed by atoms with Gasteiger partial charge in [0.25, 0.3) is 5.91 Å². The quantitative estimate of drug-likeness (QED) is 0.191. The van der Waals surface area contributed by atoms with Crippen molar-refractivity contribution < 1.29 is 9.53 Å². The summed E-state index contributed by atoms with van der Waals surface area (Å²) < 4.78 is 5.75.